The maximum Gasteiger partial charge on any atom is 0.153 e. The first-order chi connectivity index (χ1) is 7.25. The van der Waals surface area contributed by atoms with Crippen LogP contribution in [0.15, 0.2) is 0 Å². The molecule has 1 aromatic heterocycles. The number of nitrogens with one attached hydrogen (secondary N) is 2. The van der Waals surface area contributed by atoms with E-state index in [0.29, 0.717) is 12.0 Å². The number of rotatable bonds is 6. The Morgan fingerprint density at radius 2 is 2.27 bits per heavy atom. The number of aromatic amines is 1. The van der Waals surface area contributed by atoms with Crippen LogP contribution in [0.4, 0.5) is 0 Å². The van der Waals surface area contributed by atoms with Gasteiger partial charge in [-0.25, -0.2) is 4.98 Å². The van der Waals surface area contributed by atoms with E-state index >= 15 is 0 Å². The fraction of sp³-hybridized carbons (Fsp3) is 0.818. The van der Waals surface area contributed by atoms with Crippen LogP contribution in [0, 0.1) is 0 Å². The van der Waals surface area contributed by atoms with Crippen LogP contribution in [-0.2, 0) is 6.42 Å². The maximum absolute atomic E-state index is 4.49. The molecule has 1 heterocycles. The smallest absolute Gasteiger partial charge is 0.153 e. The topological polar surface area (TPSA) is 53.6 Å². The van der Waals surface area contributed by atoms with Gasteiger partial charge in [-0.2, -0.15) is 5.10 Å². The third kappa shape index (κ3) is 3.30. The van der Waals surface area contributed by atoms with Crippen molar-refractivity contribution in [3.05, 3.63) is 11.6 Å². The molecule has 1 saturated carbocycles. The Labute approximate surface area is 90.9 Å². The predicted molar refractivity (Wildman–Crippen MR) is 59.8 cm³/mol. The van der Waals surface area contributed by atoms with E-state index in [4.69, 9.17) is 0 Å². The minimum Gasteiger partial charge on any atom is -0.315 e. The zero-order valence-electron chi connectivity index (χ0n) is 9.58. The highest BCUT2D eigenvalue weighted by Crippen LogP contribution is 2.37. The van der Waals surface area contributed by atoms with Gasteiger partial charge in [0.1, 0.15) is 5.82 Å². The highest BCUT2D eigenvalue weighted by Gasteiger charge is 2.27. The molecule has 0 bridgehead atoms. The maximum atomic E-state index is 4.49. The quantitative estimate of drug-likeness (QED) is 0.698. The molecule has 0 unspecified atom stereocenters. The molecule has 4 nitrogen and oxygen atoms in total. The van der Waals surface area contributed by atoms with Crippen LogP contribution in [0.5, 0.6) is 0 Å². The van der Waals surface area contributed by atoms with E-state index < -0.39 is 0 Å². The Morgan fingerprint density at radius 1 is 1.47 bits per heavy atom. The highest BCUT2D eigenvalue weighted by molar-refractivity contribution is 5.04. The molecule has 4 heteroatoms. The summed E-state index contributed by atoms with van der Waals surface area (Å²) in [4.78, 5) is 4.49. The van der Waals surface area contributed by atoms with Crippen LogP contribution < -0.4 is 5.32 Å². The van der Waals surface area contributed by atoms with Gasteiger partial charge in [-0.15, -0.1) is 0 Å². The van der Waals surface area contributed by atoms with E-state index in [2.05, 4.69) is 34.3 Å². The summed E-state index contributed by atoms with van der Waals surface area (Å²) in [7, 11) is 0. The van der Waals surface area contributed by atoms with Crippen LogP contribution >= 0.6 is 0 Å². The molecule has 0 saturated heterocycles. The minimum atomic E-state index is 0.571. The molecular formula is C11H20N4. The number of hydrogen-bond acceptors (Lipinski definition) is 3. The van der Waals surface area contributed by atoms with Gasteiger partial charge >= 0.3 is 0 Å². The first-order valence-electron chi connectivity index (χ1n) is 5.90. The summed E-state index contributed by atoms with van der Waals surface area (Å²) in [6, 6.07) is 0.571. The van der Waals surface area contributed by atoms with Crippen molar-refractivity contribution in [1.82, 2.24) is 20.5 Å². The predicted octanol–water partition coefficient (Wildman–Crippen LogP) is 1.61. The zero-order chi connectivity index (χ0) is 10.7. The second-order valence-electron chi connectivity index (χ2n) is 4.63. The second-order valence-corrected chi connectivity index (χ2v) is 4.63. The Balaban J connectivity index is 1.69. The van der Waals surface area contributed by atoms with Crippen LogP contribution in [0.2, 0.25) is 0 Å². The lowest BCUT2D eigenvalue weighted by molar-refractivity contribution is 0.566. The molecule has 1 aliphatic rings. The van der Waals surface area contributed by atoms with Crippen LogP contribution in [0.1, 0.15) is 50.7 Å². The number of H-pyrrole nitrogens is 1. The molecule has 0 aliphatic heterocycles. The highest BCUT2D eigenvalue weighted by atomic mass is 15.2. The van der Waals surface area contributed by atoms with Crippen LogP contribution in [-0.4, -0.2) is 27.8 Å². The molecule has 0 aromatic carbocycles. The third-order valence-corrected chi connectivity index (χ3v) is 2.63. The lowest BCUT2D eigenvalue weighted by atomic mass is 10.3. The Kier molecular flexibility index (Phi) is 3.36. The summed E-state index contributed by atoms with van der Waals surface area (Å²) < 4.78 is 0. The van der Waals surface area contributed by atoms with Crippen molar-refractivity contribution < 1.29 is 0 Å². The van der Waals surface area contributed by atoms with Crippen molar-refractivity contribution in [2.24, 2.45) is 0 Å². The molecule has 0 radical (unpaired) electrons. The summed E-state index contributed by atoms with van der Waals surface area (Å²) in [6.45, 7) is 5.39. The van der Waals surface area contributed by atoms with Crippen molar-refractivity contribution in [2.75, 3.05) is 6.54 Å². The van der Waals surface area contributed by atoms with E-state index in [1.807, 2.05) is 0 Å². The number of nitrogens with zero attached hydrogens (tertiary/aromatic N) is 2. The van der Waals surface area contributed by atoms with Gasteiger partial charge < -0.3 is 5.32 Å². The fourth-order valence-electron chi connectivity index (χ4n) is 1.59. The van der Waals surface area contributed by atoms with Gasteiger partial charge in [0, 0.05) is 18.4 Å². The van der Waals surface area contributed by atoms with E-state index in [1.54, 1.807) is 0 Å². The van der Waals surface area contributed by atoms with Crippen molar-refractivity contribution >= 4 is 0 Å². The molecule has 1 aliphatic carbocycles. The van der Waals surface area contributed by atoms with Gasteiger partial charge in [0.15, 0.2) is 5.82 Å². The number of aromatic nitrogens is 3. The van der Waals surface area contributed by atoms with Gasteiger partial charge in [-0.05, 0) is 25.8 Å². The lowest BCUT2D eigenvalue weighted by Crippen LogP contribution is -2.24. The normalized spacial score (nSPS) is 16.2. The fourth-order valence-corrected chi connectivity index (χ4v) is 1.59. The first kappa shape index (κ1) is 10.6. The number of aryl methyl sites for hydroxylation is 1. The summed E-state index contributed by atoms with van der Waals surface area (Å²) in [5.74, 6) is 2.73. The van der Waals surface area contributed by atoms with Gasteiger partial charge in [0.25, 0.3) is 0 Å². The Morgan fingerprint density at radius 3 is 2.93 bits per heavy atom. The van der Waals surface area contributed by atoms with Crippen molar-refractivity contribution in [2.45, 2.75) is 51.5 Å². The van der Waals surface area contributed by atoms with Crippen LogP contribution in [0.25, 0.3) is 0 Å². The lowest BCUT2D eigenvalue weighted by Gasteiger charge is -2.05. The molecule has 0 atom stereocenters. The standard InChI is InChI=1S/C11H20N4/c1-8(2)12-7-3-4-10-13-11(15-14-10)9-5-6-9/h8-9,12H,3-7H2,1-2H3,(H,13,14,15). The van der Waals surface area contributed by atoms with E-state index in [0.717, 1.165) is 31.0 Å². The SMILES string of the molecule is CC(C)NCCCc1nc(C2CC2)n[nH]1. The van der Waals surface area contributed by atoms with Crippen molar-refractivity contribution in [3.8, 4) is 0 Å². The monoisotopic (exact) mass is 208 g/mol. The van der Waals surface area contributed by atoms with Gasteiger partial charge in [-0.1, -0.05) is 13.8 Å². The first-order valence-corrected chi connectivity index (χ1v) is 5.90. The van der Waals surface area contributed by atoms with E-state index in [-0.39, 0.29) is 0 Å². The Hall–Kier alpha value is -0.900. The summed E-state index contributed by atoms with van der Waals surface area (Å²) in [6.07, 6.45) is 4.66. The van der Waals surface area contributed by atoms with Crippen molar-refractivity contribution in [3.63, 3.8) is 0 Å². The zero-order valence-corrected chi connectivity index (χ0v) is 9.58. The molecule has 2 N–H and O–H groups in total. The molecule has 15 heavy (non-hydrogen) atoms. The van der Waals surface area contributed by atoms with Gasteiger partial charge in [-0.3, -0.25) is 5.10 Å². The molecule has 0 spiro atoms. The van der Waals surface area contributed by atoms with E-state index in [1.165, 1.54) is 12.8 Å². The summed E-state index contributed by atoms with van der Waals surface area (Å²) >= 11 is 0. The van der Waals surface area contributed by atoms with Crippen LogP contribution in [0.3, 0.4) is 0 Å². The second kappa shape index (κ2) is 4.75. The van der Waals surface area contributed by atoms with Crippen molar-refractivity contribution in [1.29, 1.82) is 0 Å². The average Bonchev–Trinajstić information content (AvgIpc) is 2.94. The minimum absolute atomic E-state index is 0.571. The largest absolute Gasteiger partial charge is 0.315 e. The summed E-state index contributed by atoms with van der Waals surface area (Å²) in [5.41, 5.74) is 0. The molecule has 1 fully saturated rings. The average molecular weight is 208 g/mol. The summed E-state index contributed by atoms with van der Waals surface area (Å²) in [5, 5.41) is 10.7. The van der Waals surface area contributed by atoms with Gasteiger partial charge in [0.2, 0.25) is 0 Å². The molecule has 1 aromatic rings. The molecule has 0 amide bonds. The Bertz CT molecular complexity index is 301. The van der Waals surface area contributed by atoms with Gasteiger partial charge in [0.05, 0.1) is 0 Å². The molecule has 84 valence electrons. The molecule has 2 rings (SSSR count). The van der Waals surface area contributed by atoms with E-state index in [9.17, 15) is 0 Å². The third-order valence-electron chi connectivity index (χ3n) is 2.63. The number of hydrogen-bond donors (Lipinski definition) is 2. The molecular weight excluding hydrogens is 188 g/mol.